The van der Waals surface area contributed by atoms with Gasteiger partial charge in [-0.2, -0.15) is 0 Å². The van der Waals surface area contributed by atoms with Crippen molar-refractivity contribution >= 4 is 23.2 Å². The fourth-order valence-electron chi connectivity index (χ4n) is 3.47. The fourth-order valence-corrected chi connectivity index (χ4v) is 4.20. The SMILES string of the molecule is O=C(O)c1ccc(CCC(=O)N2CCC[C@H]2C[C@H](O)c2cccs2)cc1. The molecule has 2 aromatic rings. The summed E-state index contributed by atoms with van der Waals surface area (Å²) in [6.07, 6.45) is 2.96. The number of hydrogen-bond acceptors (Lipinski definition) is 4. The Hall–Kier alpha value is -2.18. The van der Waals surface area contributed by atoms with Gasteiger partial charge in [-0.15, -0.1) is 11.3 Å². The predicted molar refractivity (Wildman–Crippen MR) is 100 cm³/mol. The van der Waals surface area contributed by atoms with E-state index in [1.165, 1.54) is 11.3 Å². The van der Waals surface area contributed by atoms with E-state index in [1.807, 2.05) is 22.4 Å². The Kier molecular flexibility index (Phi) is 6.06. The number of aliphatic hydroxyl groups excluding tert-OH is 1. The molecule has 6 heteroatoms. The van der Waals surface area contributed by atoms with Crippen LogP contribution in [0, 0.1) is 0 Å². The number of thiophene rings is 1. The summed E-state index contributed by atoms with van der Waals surface area (Å²) in [5.74, 6) is -0.843. The van der Waals surface area contributed by atoms with E-state index in [1.54, 1.807) is 24.3 Å². The van der Waals surface area contributed by atoms with Crippen LogP contribution < -0.4 is 0 Å². The van der Waals surface area contributed by atoms with Crippen LogP contribution in [0.15, 0.2) is 41.8 Å². The van der Waals surface area contributed by atoms with Gasteiger partial charge in [-0.1, -0.05) is 18.2 Å². The molecular formula is C20H23NO4S. The molecule has 138 valence electrons. The van der Waals surface area contributed by atoms with Gasteiger partial charge in [0.05, 0.1) is 11.7 Å². The van der Waals surface area contributed by atoms with Crippen molar-refractivity contribution in [1.29, 1.82) is 0 Å². The lowest BCUT2D eigenvalue weighted by atomic mass is 10.0. The van der Waals surface area contributed by atoms with E-state index in [0.29, 0.717) is 19.3 Å². The number of carboxylic acids is 1. The third-order valence-corrected chi connectivity index (χ3v) is 5.87. The monoisotopic (exact) mass is 373 g/mol. The summed E-state index contributed by atoms with van der Waals surface area (Å²) in [6, 6.07) is 10.6. The Morgan fingerprint density at radius 3 is 2.65 bits per heavy atom. The first kappa shape index (κ1) is 18.6. The largest absolute Gasteiger partial charge is 0.478 e. The molecule has 26 heavy (non-hydrogen) atoms. The van der Waals surface area contributed by atoms with Crippen LogP contribution in [-0.2, 0) is 11.2 Å². The lowest BCUT2D eigenvalue weighted by Gasteiger charge is -2.26. The van der Waals surface area contributed by atoms with Crippen molar-refractivity contribution in [3.05, 3.63) is 57.8 Å². The number of aliphatic hydroxyl groups is 1. The summed E-state index contributed by atoms with van der Waals surface area (Å²) in [5.41, 5.74) is 1.21. The van der Waals surface area contributed by atoms with Gasteiger partial charge in [-0.25, -0.2) is 4.79 Å². The molecule has 1 aliphatic heterocycles. The maximum atomic E-state index is 12.6. The van der Waals surface area contributed by atoms with Crippen molar-refractivity contribution in [2.24, 2.45) is 0 Å². The lowest BCUT2D eigenvalue weighted by Crippen LogP contribution is -2.36. The topological polar surface area (TPSA) is 77.8 Å². The van der Waals surface area contributed by atoms with Gasteiger partial charge in [0.2, 0.25) is 5.91 Å². The third-order valence-electron chi connectivity index (χ3n) is 4.89. The molecular weight excluding hydrogens is 350 g/mol. The van der Waals surface area contributed by atoms with Gasteiger partial charge < -0.3 is 15.1 Å². The minimum Gasteiger partial charge on any atom is -0.478 e. The predicted octanol–water partition coefficient (Wildman–Crippen LogP) is 3.49. The summed E-state index contributed by atoms with van der Waals surface area (Å²) < 4.78 is 0. The highest BCUT2D eigenvalue weighted by Crippen LogP contribution is 2.30. The van der Waals surface area contributed by atoms with E-state index in [2.05, 4.69) is 0 Å². The minimum atomic E-state index is -0.947. The molecule has 1 amide bonds. The highest BCUT2D eigenvalue weighted by molar-refractivity contribution is 7.10. The Balaban J connectivity index is 1.53. The number of amides is 1. The van der Waals surface area contributed by atoms with Crippen molar-refractivity contribution in [1.82, 2.24) is 4.90 Å². The number of hydrogen-bond donors (Lipinski definition) is 2. The zero-order valence-corrected chi connectivity index (χ0v) is 15.3. The van der Waals surface area contributed by atoms with Gasteiger partial charge >= 0.3 is 5.97 Å². The molecule has 0 bridgehead atoms. The van der Waals surface area contributed by atoms with Crippen LogP contribution in [0.2, 0.25) is 0 Å². The van der Waals surface area contributed by atoms with Crippen LogP contribution in [0.4, 0.5) is 0 Å². The van der Waals surface area contributed by atoms with E-state index >= 15 is 0 Å². The van der Waals surface area contributed by atoms with Crippen molar-refractivity contribution in [3.8, 4) is 0 Å². The second kappa shape index (κ2) is 8.47. The number of carbonyl (C=O) groups is 2. The molecule has 1 fully saturated rings. The van der Waals surface area contributed by atoms with Crippen molar-refractivity contribution < 1.29 is 19.8 Å². The molecule has 0 unspecified atom stereocenters. The van der Waals surface area contributed by atoms with Crippen LogP contribution in [0.25, 0.3) is 0 Å². The molecule has 2 atom stereocenters. The molecule has 0 spiro atoms. The number of rotatable bonds is 7. The quantitative estimate of drug-likeness (QED) is 0.779. The standard InChI is InChI=1S/C20H23NO4S/c22-17(18-4-2-12-26-18)13-16-3-1-11-21(16)19(23)10-7-14-5-8-15(9-6-14)20(24)25/h2,4-6,8-9,12,16-17,22H,1,3,7,10-11,13H2,(H,24,25)/t16-,17-/m0/s1. The Morgan fingerprint density at radius 1 is 1.23 bits per heavy atom. The number of aromatic carboxylic acids is 1. The number of carbonyl (C=O) groups excluding carboxylic acids is 1. The molecule has 0 radical (unpaired) electrons. The molecule has 0 aliphatic carbocycles. The highest BCUT2D eigenvalue weighted by atomic mass is 32.1. The average Bonchev–Trinajstić information content (AvgIpc) is 3.31. The first-order valence-electron chi connectivity index (χ1n) is 8.88. The molecule has 1 saturated heterocycles. The number of likely N-dealkylation sites (tertiary alicyclic amines) is 1. The zero-order chi connectivity index (χ0) is 18.5. The summed E-state index contributed by atoms with van der Waals surface area (Å²) in [6.45, 7) is 0.749. The average molecular weight is 373 g/mol. The van der Waals surface area contributed by atoms with Gasteiger partial charge in [-0.05, 0) is 54.8 Å². The van der Waals surface area contributed by atoms with E-state index < -0.39 is 12.1 Å². The van der Waals surface area contributed by atoms with Gasteiger partial charge in [0, 0.05) is 23.9 Å². The number of nitrogens with zero attached hydrogens (tertiary/aromatic N) is 1. The van der Waals surface area contributed by atoms with E-state index in [0.717, 1.165) is 29.8 Å². The minimum absolute atomic E-state index is 0.0917. The second-order valence-corrected chi connectivity index (χ2v) is 7.63. The van der Waals surface area contributed by atoms with Gasteiger partial charge in [0.25, 0.3) is 0 Å². The summed E-state index contributed by atoms with van der Waals surface area (Å²) in [5, 5.41) is 21.2. The van der Waals surface area contributed by atoms with Crippen molar-refractivity contribution in [2.75, 3.05) is 6.54 Å². The normalized spacial score (nSPS) is 18.0. The molecule has 3 rings (SSSR count). The molecule has 1 aliphatic rings. The Labute approximate surface area is 156 Å². The maximum absolute atomic E-state index is 12.6. The number of carboxylic acid groups (broad SMARTS) is 1. The van der Waals surface area contributed by atoms with Crippen LogP contribution >= 0.6 is 11.3 Å². The highest BCUT2D eigenvalue weighted by Gasteiger charge is 2.30. The summed E-state index contributed by atoms with van der Waals surface area (Å²) in [4.78, 5) is 26.4. The van der Waals surface area contributed by atoms with Gasteiger partial charge in [-0.3, -0.25) is 4.79 Å². The second-order valence-electron chi connectivity index (χ2n) is 6.65. The number of aryl methyl sites for hydroxylation is 1. The van der Waals surface area contributed by atoms with E-state index in [9.17, 15) is 14.7 Å². The zero-order valence-electron chi connectivity index (χ0n) is 14.5. The van der Waals surface area contributed by atoms with Crippen LogP contribution in [-0.4, -0.2) is 39.6 Å². The molecule has 2 heterocycles. The molecule has 0 saturated carbocycles. The van der Waals surface area contributed by atoms with Crippen molar-refractivity contribution in [3.63, 3.8) is 0 Å². The first-order valence-corrected chi connectivity index (χ1v) is 9.75. The first-order chi connectivity index (χ1) is 12.5. The summed E-state index contributed by atoms with van der Waals surface area (Å²) >= 11 is 1.54. The lowest BCUT2D eigenvalue weighted by molar-refractivity contribution is -0.132. The Morgan fingerprint density at radius 2 is 2.00 bits per heavy atom. The molecule has 5 nitrogen and oxygen atoms in total. The van der Waals surface area contributed by atoms with Crippen LogP contribution in [0.3, 0.4) is 0 Å². The van der Waals surface area contributed by atoms with Gasteiger partial charge in [0.1, 0.15) is 0 Å². The molecule has 1 aromatic carbocycles. The Bertz CT molecular complexity index is 742. The van der Waals surface area contributed by atoms with Crippen LogP contribution in [0.5, 0.6) is 0 Å². The fraction of sp³-hybridized carbons (Fsp3) is 0.400. The van der Waals surface area contributed by atoms with Crippen molar-refractivity contribution in [2.45, 2.75) is 44.2 Å². The smallest absolute Gasteiger partial charge is 0.335 e. The summed E-state index contributed by atoms with van der Waals surface area (Å²) in [7, 11) is 0. The van der Waals surface area contributed by atoms with Gasteiger partial charge in [0.15, 0.2) is 0 Å². The maximum Gasteiger partial charge on any atom is 0.335 e. The third kappa shape index (κ3) is 4.51. The number of benzene rings is 1. The van der Waals surface area contributed by atoms with Crippen LogP contribution in [0.1, 0.15) is 52.6 Å². The molecule has 1 aromatic heterocycles. The molecule has 2 N–H and O–H groups in total. The van der Waals surface area contributed by atoms with E-state index in [-0.39, 0.29) is 17.5 Å². The van der Waals surface area contributed by atoms with E-state index in [4.69, 9.17) is 5.11 Å².